The lowest BCUT2D eigenvalue weighted by Crippen LogP contribution is -2.21. The molecule has 1 heterocycles. The van der Waals surface area contributed by atoms with Gasteiger partial charge in [0.25, 0.3) is 11.6 Å². The van der Waals surface area contributed by atoms with Gasteiger partial charge in [-0.05, 0) is 36.8 Å². The van der Waals surface area contributed by atoms with E-state index >= 15 is 0 Å². The lowest BCUT2D eigenvalue weighted by molar-refractivity contribution is -0.385. The Morgan fingerprint density at radius 2 is 1.81 bits per heavy atom. The van der Waals surface area contributed by atoms with Crippen molar-refractivity contribution in [3.05, 3.63) is 91.1 Å². The first-order valence-corrected chi connectivity index (χ1v) is 10.3. The number of anilines is 1. The molecule has 2 N–H and O–H groups in total. The van der Waals surface area contributed by atoms with Crippen LogP contribution in [-0.4, -0.2) is 22.4 Å². The number of thiophene rings is 1. The van der Waals surface area contributed by atoms with Crippen LogP contribution >= 0.6 is 22.9 Å². The Labute approximate surface area is 186 Å². The molecule has 158 valence electrons. The zero-order chi connectivity index (χ0) is 22.4. The van der Waals surface area contributed by atoms with Gasteiger partial charge >= 0.3 is 0 Å². The molecule has 0 saturated heterocycles. The van der Waals surface area contributed by atoms with Crippen LogP contribution in [0.25, 0.3) is 0 Å². The molecule has 3 rings (SSSR count). The van der Waals surface area contributed by atoms with Crippen molar-refractivity contribution in [1.29, 1.82) is 0 Å². The molecule has 2 aromatic carbocycles. The minimum Gasteiger partial charge on any atom is -0.321 e. The van der Waals surface area contributed by atoms with Crippen LogP contribution in [0.5, 0.6) is 0 Å². The highest BCUT2D eigenvalue weighted by Crippen LogP contribution is 2.22. The summed E-state index contributed by atoms with van der Waals surface area (Å²) >= 11 is 7.04. The van der Waals surface area contributed by atoms with Crippen molar-refractivity contribution in [3.8, 4) is 0 Å². The molecule has 1 aromatic heterocycles. The van der Waals surface area contributed by atoms with E-state index in [0.29, 0.717) is 26.2 Å². The standard InChI is InChI=1S/C21H17ClN4O4S/c1-13(24-25-20(27)12-15-4-2-3-5-17(15)26(29)30)14-6-8-16(9-7-14)23-21(28)18-10-11-19(22)31-18/h2-11H,12H2,1H3,(H,23,28)(H,25,27)/b24-13-. The van der Waals surface area contributed by atoms with E-state index in [-0.39, 0.29) is 18.0 Å². The zero-order valence-corrected chi connectivity index (χ0v) is 17.9. The van der Waals surface area contributed by atoms with Crippen LogP contribution in [0.3, 0.4) is 0 Å². The number of para-hydroxylation sites is 1. The number of halogens is 1. The van der Waals surface area contributed by atoms with E-state index in [4.69, 9.17) is 11.6 Å². The summed E-state index contributed by atoms with van der Waals surface area (Å²) in [5.74, 6) is -0.718. The van der Waals surface area contributed by atoms with Crippen LogP contribution in [0, 0.1) is 10.1 Å². The fourth-order valence-corrected chi connectivity index (χ4v) is 3.62. The second-order valence-corrected chi connectivity index (χ2v) is 8.15. The van der Waals surface area contributed by atoms with E-state index in [1.54, 1.807) is 55.5 Å². The van der Waals surface area contributed by atoms with Crippen molar-refractivity contribution < 1.29 is 14.5 Å². The fraction of sp³-hybridized carbons (Fsp3) is 0.0952. The minimum atomic E-state index is -0.523. The Balaban J connectivity index is 1.59. The molecule has 3 aromatic rings. The topological polar surface area (TPSA) is 114 Å². The van der Waals surface area contributed by atoms with Crippen molar-refractivity contribution in [1.82, 2.24) is 5.43 Å². The average Bonchev–Trinajstić information content (AvgIpc) is 3.19. The van der Waals surface area contributed by atoms with Crippen LogP contribution in [0.1, 0.15) is 27.7 Å². The first-order valence-electron chi connectivity index (χ1n) is 9.06. The Kier molecular flexibility index (Phi) is 7.11. The maximum Gasteiger partial charge on any atom is 0.273 e. The maximum atomic E-state index is 12.2. The van der Waals surface area contributed by atoms with Gasteiger partial charge in [-0.25, -0.2) is 5.43 Å². The molecule has 0 aliphatic carbocycles. The minimum absolute atomic E-state index is 0.110. The largest absolute Gasteiger partial charge is 0.321 e. The SMILES string of the molecule is C/C(=N/NC(=O)Cc1ccccc1[N+](=O)[O-])c1ccc(NC(=O)c2ccc(Cl)s2)cc1. The third-order valence-corrected chi connectivity index (χ3v) is 5.48. The van der Waals surface area contributed by atoms with Gasteiger partial charge in [0.1, 0.15) is 0 Å². The van der Waals surface area contributed by atoms with Crippen molar-refractivity contribution in [2.75, 3.05) is 5.32 Å². The summed E-state index contributed by atoms with van der Waals surface area (Å²) < 4.78 is 0.538. The molecule has 0 fully saturated rings. The van der Waals surface area contributed by atoms with Gasteiger partial charge < -0.3 is 5.32 Å². The quantitative estimate of drug-likeness (QED) is 0.306. The molecule has 0 aliphatic rings. The molecule has 31 heavy (non-hydrogen) atoms. The third kappa shape index (κ3) is 5.97. The van der Waals surface area contributed by atoms with Gasteiger partial charge in [0.05, 0.1) is 26.3 Å². The summed E-state index contributed by atoms with van der Waals surface area (Å²) in [6, 6.07) is 16.3. The Morgan fingerprint density at radius 1 is 1.10 bits per heavy atom. The first-order chi connectivity index (χ1) is 14.8. The summed E-state index contributed by atoms with van der Waals surface area (Å²) in [5, 5.41) is 17.9. The molecule has 0 unspecified atom stereocenters. The number of hydrogen-bond acceptors (Lipinski definition) is 6. The van der Waals surface area contributed by atoms with E-state index < -0.39 is 10.8 Å². The fourth-order valence-electron chi connectivity index (χ4n) is 2.69. The van der Waals surface area contributed by atoms with E-state index in [1.165, 1.54) is 23.5 Å². The number of amides is 2. The molecule has 0 radical (unpaired) electrons. The van der Waals surface area contributed by atoms with E-state index in [2.05, 4.69) is 15.8 Å². The molecule has 0 atom stereocenters. The molecule has 0 saturated carbocycles. The second kappa shape index (κ2) is 9.96. The van der Waals surface area contributed by atoms with Crippen LogP contribution in [0.15, 0.2) is 65.8 Å². The summed E-state index contributed by atoms with van der Waals surface area (Å²) in [5.41, 5.74) is 4.49. The van der Waals surface area contributed by atoms with Gasteiger partial charge in [0, 0.05) is 17.3 Å². The first kappa shape index (κ1) is 22.1. The van der Waals surface area contributed by atoms with Gasteiger partial charge in [-0.15, -0.1) is 11.3 Å². The monoisotopic (exact) mass is 456 g/mol. The number of nitro benzene ring substituents is 1. The molecule has 0 bridgehead atoms. The van der Waals surface area contributed by atoms with Crippen molar-refractivity contribution in [2.45, 2.75) is 13.3 Å². The number of hydrazone groups is 1. The van der Waals surface area contributed by atoms with Gasteiger partial charge in [0.2, 0.25) is 5.91 Å². The van der Waals surface area contributed by atoms with Crippen LogP contribution in [0.2, 0.25) is 4.34 Å². The highest BCUT2D eigenvalue weighted by atomic mass is 35.5. The summed E-state index contributed by atoms with van der Waals surface area (Å²) in [6.45, 7) is 1.71. The zero-order valence-electron chi connectivity index (χ0n) is 16.3. The summed E-state index contributed by atoms with van der Waals surface area (Å²) in [7, 11) is 0. The van der Waals surface area contributed by atoms with E-state index in [9.17, 15) is 19.7 Å². The molecule has 0 spiro atoms. The molecule has 8 nitrogen and oxygen atoms in total. The van der Waals surface area contributed by atoms with Gasteiger partial charge in [-0.3, -0.25) is 19.7 Å². The van der Waals surface area contributed by atoms with Gasteiger partial charge in [0.15, 0.2) is 0 Å². The molecule has 0 aliphatic heterocycles. The number of carbonyl (C=O) groups excluding carboxylic acids is 2. The van der Waals surface area contributed by atoms with Crippen LogP contribution < -0.4 is 10.7 Å². The maximum absolute atomic E-state index is 12.2. The van der Waals surface area contributed by atoms with E-state index in [0.717, 1.165) is 5.56 Å². The highest BCUT2D eigenvalue weighted by molar-refractivity contribution is 7.18. The molecular formula is C21H17ClN4O4S. The lowest BCUT2D eigenvalue weighted by atomic mass is 10.1. The van der Waals surface area contributed by atoms with Gasteiger partial charge in [-0.2, -0.15) is 5.10 Å². The number of nitrogens with zero attached hydrogens (tertiary/aromatic N) is 2. The number of nitrogens with one attached hydrogen (secondary N) is 2. The second-order valence-electron chi connectivity index (χ2n) is 6.43. The molecular weight excluding hydrogens is 440 g/mol. The summed E-state index contributed by atoms with van der Waals surface area (Å²) in [6.07, 6.45) is -0.161. The molecule has 2 amide bonds. The average molecular weight is 457 g/mol. The number of hydrogen-bond donors (Lipinski definition) is 2. The Hall–Kier alpha value is -3.56. The van der Waals surface area contributed by atoms with Gasteiger partial charge in [-0.1, -0.05) is 41.9 Å². The number of benzene rings is 2. The predicted molar refractivity (Wildman–Crippen MR) is 121 cm³/mol. The van der Waals surface area contributed by atoms with Crippen molar-refractivity contribution in [3.63, 3.8) is 0 Å². The highest BCUT2D eigenvalue weighted by Gasteiger charge is 2.15. The molecule has 10 heteroatoms. The lowest BCUT2D eigenvalue weighted by Gasteiger charge is -2.06. The van der Waals surface area contributed by atoms with E-state index in [1.807, 2.05) is 0 Å². The van der Waals surface area contributed by atoms with Crippen LogP contribution in [0.4, 0.5) is 11.4 Å². The third-order valence-electron chi connectivity index (χ3n) is 4.25. The Morgan fingerprint density at radius 3 is 2.45 bits per heavy atom. The van der Waals surface area contributed by atoms with Crippen molar-refractivity contribution >= 4 is 51.8 Å². The number of rotatable bonds is 7. The predicted octanol–water partition coefficient (Wildman–Crippen LogP) is 4.64. The van der Waals surface area contributed by atoms with Crippen molar-refractivity contribution in [2.24, 2.45) is 5.10 Å². The Bertz CT molecular complexity index is 1160. The smallest absolute Gasteiger partial charge is 0.273 e. The normalized spacial score (nSPS) is 11.1. The summed E-state index contributed by atoms with van der Waals surface area (Å²) in [4.78, 5) is 35.3. The van der Waals surface area contributed by atoms with Crippen LogP contribution in [-0.2, 0) is 11.2 Å². The number of nitro groups is 1. The number of carbonyl (C=O) groups is 2.